The van der Waals surface area contributed by atoms with Crippen molar-refractivity contribution < 1.29 is 14.3 Å². The van der Waals surface area contributed by atoms with Crippen LogP contribution in [0.1, 0.15) is 12.5 Å². The van der Waals surface area contributed by atoms with Gasteiger partial charge in [-0.15, -0.1) is 0 Å². The molecule has 8 heteroatoms. The van der Waals surface area contributed by atoms with E-state index in [0.29, 0.717) is 36.6 Å². The van der Waals surface area contributed by atoms with E-state index in [9.17, 15) is 4.79 Å². The second kappa shape index (κ2) is 8.85. The highest BCUT2D eigenvalue weighted by Gasteiger charge is 2.23. The van der Waals surface area contributed by atoms with Crippen LogP contribution in [0.3, 0.4) is 0 Å². The third kappa shape index (κ3) is 4.59. The van der Waals surface area contributed by atoms with Gasteiger partial charge in [-0.3, -0.25) is 9.78 Å². The molecule has 1 aromatic carbocycles. The molecule has 0 radical (unpaired) electrons. The first-order valence-electron chi connectivity index (χ1n) is 10.3. The summed E-state index contributed by atoms with van der Waals surface area (Å²) in [4.78, 5) is 29.2. The average molecular weight is 422 g/mol. The molecule has 0 N–H and O–H groups in total. The number of hydrogen-bond acceptors (Lipinski definition) is 7. The van der Waals surface area contributed by atoms with Crippen LogP contribution in [0, 0.1) is 6.92 Å². The predicted molar refractivity (Wildman–Crippen MR) is 119 cm³/mol. The number of aryl methyl sites for hydroxylation is 1. The molecule has 0 aliphatic carbocycles. The number of hydrogen-bond donors (Lipinski definition) is 0. The van der Waals surface area contributed by atoms with Crippen molar-refractivity contribution in [3.8, 4) is 17.1 Å². The monoisotopic (exact) mass is 421 g/mol. The quantitative estimate of drug-likeness (QED) is 0.627. The maximum atomic E-state index is 11.7. The Bertz CT molecular complexity index is 1100. The number of fused-ring (bicyclic) bond motifs is 1. The van der Waals surface area contributed by atoms with E-state index in [4.69, 9.17) is 14.5 Å². The summed E-state index contributed by atoms with van der Waals surface area (Å²) in [5, 5.41) is 0. The first-order valence-corrected chi connectivity index (χ1v) is 10.3. The van der Waals surface area contributed by atoms with Crippen LogP contribution in [-0.2, 0) is 9.53 Å². The lowest BCUT2D eigenvalue weighted by Crippen LogP contribution is -2.46. The standard InChI is InChI=1S/C23H27N5O3/c1-15-11-17(5-6-21(15)27(3)4)19-12-20-22(25-8-7-24-20)23(26-19)31-14-18-13-28(16(2)29)9-10-30-18/h5-8,11-12,18H,9-10,13-14H2,1-4H3/t18-/m0/s1. The zero-order chi connectivity index (χ0) is 22.0. The van der Waals surface area contributed by atoms with E-state index in [2.05, 4.69) is 33.9 Å². The van der Waals surface area contributed by atoms with Crippen molar-refractivity contribution in [1.82, 2.24) is 19.9 Å². The fourth-order valence-corrected chi connectivity index (χ4v) is 3.79. The van der Waals surface area contributed by atoms with Crippen LogP contribution in [0.4, 0.5) is 5.69 Å². The summed E-state index contributed by atoms with van der Waals surface area (Å²) >= 11 is 0. The third-order valence-corrected chi connectivity index (χ3v) is 5.39. The van der Waals surface area contributed by atoms with Gasteiger partial charge in [-0.2, -0.15) is 0 Å². The van der Waals surface area contributed by atoms with Crippen molar-refractivity contribution in [2.45, 2.75) is 20.0 Å². The van der Waals surface area contributed by atoms with Crippen molar-refractivity contribution in [2.24, 2.45) is 0 Å². The van der Waals surface area contributed by atoms with Crippen LogP contribution in [0.25, 0.3) is 22.3 Å². The Morgan fingerprint density at radius 2 is 2.06 bits per heavy atom. The Labute approximate surface area is 181 Å². The van der Waals surface area contributed by atoms with Crippen molar-refractivity contribution >= 4 is 22.6 Å². The number of ether oxygens (including phenoxy) is 2. The lowest BCUT2D eigenvalue weighted by Gasteiger charge is -2.32. The third-order valence-electron chi connectivity index (χ3n) is 5.39. The SMILES string of the molecule is CC(=O)N1CCO[C@H](COc2nc(-c3ccc(N(C)C)c(C)c3)cc3nccnc23)C1. The van der Waals surface area contributed by atoms with Crippen LogP contribution in [-0.4, -0.2) is 72.3 Å². The average Bonchev–Trinajstić information content (AvgIpc) is 2.77. The van der Waals surface area contributed by atoms with E-state index < -0.39 is 0 Å². The number of nitrogens with zero attached hydrogens (tertiary/aromatic N) is 5. The number of morpholine rings is 1. The van der Waals surface area contributed by atoms with E-state index in [0.717, 1.165) is 22.5 Å². The number of aromatic nitrogens is 3. The number of carbonyl (C=O) groups excluding carboxylic acids is 1. The summed E-state index contributed by atoms with van der Waals surface area (Å²) in [6.45, 7) is 5.54. The molecular weight excluding hydrogens is 394 g/mol. The molecule has 1 aliphatic heterocycles. The van der Waals surface area contributed by atoms with Crippen LogP contribution in [0.15, 0.2) is 36.7 Å². The molecule has 0 unspecified atom stereocenters. The van der Waals surface area contributed by atoms with E-state index in [1.54, 1.807) is 24.2 Å². The minimum absolute atomic E-state index is 0.0429. The minimum Gasteiger partial charge on any atom is -0.473 e. The molecule has 3 heterocycles. The molecule has 0 bridgehead atoms. The Hall–Kier alpha value is -3.26. The second-order valence-corrected chi connectivity index (χ2v) is 7.90. The van der Waals surface area contributed by atoms with Crippen molar-refractivity contribution in [1.29, 1.82) is 0 Å². The highest BCUT2D eigenvalue weighted by Crippen LogP contribution is 2.30. The molecule has 1 fully saturated rings. The van der Waals surface area contributed by atoms with E-state index >= 15 is 0 Å². The molecule has 1 amide bonds. The summed E-state index contributed by atoms with van der Waals surface area (Å²) in [7, 11) is 4.05. The Morgan fingerprint density at radius 1 is 1.26 bits per heavy atom. The van der Waals surface area contributed by atoms with E-state index in [-0.39, 0.29) is 18.6 Å². The predicted octanol–water partition coefficient (Wildman–Crippen LogP) is 2.69. The molecule has 162 valence electrons. The summed E-state index contributed by atoms with van der Waals surface area (Å²) < 4.78 is 11.8. The normalized spacial score (nSPS) is 16.4. The van der Waals surface area contributed by atoms with Gasteiger partial charge in [0.25, 0.3) is 0 Å². The summed E-state index contributed by atoms with van der Waals surface area (Å²) in [5.41, 5.74) is 5.39. The van der Waals surface area contributed by atoms with Gasteiger partial charge in [0.05, 0.1) is 24.4 Å². The van der Waals surface area contributed by atoms with Crippen molar-refractivity contribution in [3.05, 3.63) is 42.2 Å². The van der Waals surface area contributed by atoms with Gasteiger partial charge in [0.15, 0.2) is 5.52 Å². The van der Waals surface area contributed by atoms with Crippen LogP contribution < -0.4 is 9.64 Å². The van der Waals surface area contributed by atoms with Crippen LogP contribution >= 0.6 is 0 Å². The smallest absolute Gasteiger partial charge is 0.242 e. The number of benzene rings is 1. The molecule has 8 nitrogen and oxygen atoms in total. The minimum atomic E-state index is -0.212. The summed E-state index contributed by atoms with van der Waals surface area (Å²) in [6.07, 6.45) is 3.07. The molecular formula is C23H27N5O3. The van der Waals surface area contributed by atoms with Crippen molar-refractivity contribution in [2.75, 3.05) is 45.3 Å². The van der Waals surface area contributed by atoms with Crippen molar-refractivity contribution in [3.63, 3.8) is 0 Å². The van der Waals surface area contributed by atoms with E-state index in [1.165, 1.54) is 0 Å². The number of anilines is 1. The molecule has 4 rings (SSSR count). The van der Waals surface area contributed by atoms with Gasteiger partial charge in [0.2, 0.25) is 11.8 Å². The number of pyridine rings is 1. The first kappa shape index (κ1) is 21.0. The zero-order valence-electron chi connectivity index (χ0n) is 18.3. The van der Waals surface area contributed by atoms with Gasteiger partial charge in [0.1, 0.15) is 12.7 Å². The van der Waals surface area contributed by atoms with Crippen LogP contribution in [0.5, 0.6) is 5.88 Å². The fraction of sp³-hybridized carbons (Fsp3) is 0.391. The maximum absolute atomic E-state index is 11.7. The van der Waals surface area contributed by atoms with Gasteiger partial charge in [-0.25, -0.2) is 9.97 Å². The van der Waals surface area contributed by atoms with Crippen LogP contribution in [0.2, 0.25) is 0 Å². The number of carbonyl (C=O) groups is 1. The van der Waals surface area contributed by atoms with E-state index in [1.807, 2.05) is 26.2 Å². The maximum Gasteiger partial charge on any atom is 0.242 e. The first-order chi connectivity index (χ1) is 14.9. The topological polar surface area (TPSA) is 80.7 Å². The lowest BCUT2D eigenvalue weighted by atomic mass is 10.1. The summed E-state index contributed by atoms with van der Waals surface area (Å²) in [6, 6.07) is 8.16. The molecule has 31 heavy (non-hydrogen) atoms. The van der Waals surface area contributed by atoms with Gasteiger partial charge in [0, 0.05) is 51.2 Å². The van der Waals surface area contributed by atoms with Gasteiger partial charge in [-0.1, -0.05) is 6.07 Å². The summed E-state index contributed by atoms with van der Waals surface area (Å²) in [5.74, 6) is 0.458. The molecule has 1 aliphatic rings. The molecule has 0 saturated carbocycles. The Kier molecular flexibility index (Phi) is 5.99. The molecule has 0 spiro atoms. The van der Waals surface area contributed by atoms with Gasteiger partial charge < -0.3 is 19.3 Å². The fourth-order valence-electron chi connectivity index (χ4n) is 3.79. The Morgan fingerprint density at radius 3 is 2.81 bits per heavy atom. The Balaban J connectivity index is 1.63. The second-order valence-electron chi connectivity index (χ2n) is 7.90. The largest absolute Gasteiger partial charge is 0.473 e. The number of rotatable bonds is 5. The molecule has 3 aromatic rings. The molecule has 1 saturated heterocycles. The highest BCUT2D eigenvalue weighted by atomic mass is 16.5. The zero-order valence-corrected chi connectivity index (χ0v) is 18.3. The number of amides is 1. The lowest BCUT2D eigenvalue weighted by molar-refractivity contribution is -0.137. The molecule has 1 atom stereocenters. The highest BCUT2D eigenvalue weighted by molar-refractivity contribution is 5.83. The van der Waals surface area contributed by atoms with Gasteiger partial charge >= 0.3 is 0 Å². The molecule has 2 aromatic heterocycles. The van der Waals surface area contributed by atoms with Gasteiger partial charge in [-0.05, 0) is 30.7 Å².